The Hall–Kier alpha value is -1.50. The molecule has 0 unspecified atom stereocenters. The minimum Gasteiger partial charge on any atom is -0.450 e. The van der Waals surface area contributed by atoms with Gasteiger partial charge in [0.2, 0.25) is 0 Å². The summed E-state index contributed by atoms with van der Waals surface area (Å²) in [7, 11) is 0. The van der Waals surface area contributed by atoms with E-state index in [0.29, 0.717) is 0 Å². The zero-order valence-corrected chi connectivity index (χ0v) is 5.97. The second-order valence-corrected chi connectivity index (χ2v) is 1.81. The second kappa shape index (κ2) is 5.19. The van der Waals surface area contributed by atoms with Crippen LogP contribution in [0.4, 0.5) is 9.59 Å². The lowest BCUT2D eigenvalue weighted by atomic mass is 10.4. The van der Waals surface area contributed by atoms with Crippen molar-refractivity contribution in [1.29, 1.82) is 0 Å². The summed E-state index contributed by atoms with van der Waals surface area (Å²) in [4.78, 5) is 19.5. The van der Waals surface area contributed by atoms with Crippen molar-refractivity contribution in [1.82, 2.24) is 0 Å². The van der Waals surface area contributed by atoms with Gasteiger partial charge < -0.3 is 24.8 Å². The maximum atomic E-state index is 9.75. The lowest BCUT2D eigenvalue weighted by molar-refractivity contribution is -0.00197. The Morgan fingerprint density at radius 3 is 1.67 bits per heavy atom. The fourth-order valence-corrected chi connectivity index (χ4v) is 0.383. The van der Waals surface area contributed by atoms with Gasteiger partial charge in [0, 0.05) is 0 Å². The fraction of sp³-hybridized carbons (Fsp3) is 0.600. The highest BCUT2D eigenvalue weighted by Gasteiger charge is 2.09. The highest BCUT2D eigenvalue weighted by atomic mass is 16.7. The van der Waals surface area contributed by atoms with Crippen molar-refractivity contribution >= 4 is 12.3 Å². The molecule has 0 aromatic heterocycles. The molecule has 0 aliphatic heterocycles. The van der Waals surface area contributed by atoms with Crippen molar-refractivity contribution in [2.24, 2.45) is 0 Å². The standard InChI is InChI=1S/C5H8O7/c6-3(1-11-4(7)8)2-12-5(9)10/h3,6H,1-2H2,(H,7,8)(H,9,10). The predicted molar refractivity (Wildman–Crippen MR) is 34.0 cm³/mol. The first kappa shape index (κ1) is 10.5. The van der Waals surface area contributed by atoms with E-state index in [-0.39, 0.29) is 0 Å². The maximum Gasteiger partial charge on any atom is 0.505 e. The van der Waals surface area contributed by atoms with Crippen LogP contribution >= 0.6 is 0 Å². The summed E-state index contributed by atoms with van der Waals surface area (Å²) >= 11 is 0. The Balaban J connectivity index is 3.39. The number of hydrogen-bond acceptors (Lipinski definition) is 5. The Labute approximate surface area is 67.1 Å². The largest absolute Gasteiger partial charge is 0.505 e. The van der Waals surface area contributed by atoms with Crippen molar-refractivity contribution in [2.45, 2.75) is 6.10 Å². The van der Waals surface area contributed by atoms with E-state index < -0.39 is 31.6 Å². The summed E-state index contributed by atoms with van der Waals surface area (Å²) in [5.74, 6) is 0. The first-order chi connectivity index (χ1) is 5.52. The Kier molecular flexibility index (Phi) is 4.54. The van der Waals surface area contributed by atoms with Gasteiger partial charge in [0.1, 0.15) is 19.3 Å². The van der Waals surface area contributed by atoms with Crippen LogP contribution in [0.3, 0.4) is 0 Å². The molecule has 0 radical (unpaired) electrons. The molecule has 70 valence electrons. The topological polar surface area (TPSA) is 113 Å². The van der Waals surface area contributed by atoms with Gasteiger partial charge in [0.05, 0.1) is 0 Å². The van der Waals surface area contributed by atoms with E-state index in [1.807, 2.05) is 0 Å². The molecule has 7 nitrogen and oxygen atoms in total. The number of carboxylic acid groups (broad SMARTS) is 2. The lowest BCUT2D eigenvalue weighted by Crippen LogP contribution is -2.24. The van der Waals surface area contributed by atoms with Gasteiger partial charge in [-0.3, -0.25) is 0 Å². The lowest BCUT2D eigenvalue weighted by Gasteiger charge is -2.07. The summed E-state index contributed by atoms with van der Waals surface area (Å²) in [5.41, 5.74) is 0. The number of rotatable bonds is 4. The highest BCUT2D eigenvalue weighted by Crippen LogP contribution is 1.88. The van der Waals surface area contributed by atoms with Crippen LogP contribution in [0.5, 0.6) is 0 Å². The molecule has 12 heavy (non-hydrogen) atoms. The van der Waals surface area contributed by atoms with Gasteiger partial charge in [-0.1, -0.05) is 0 Å². The van der Waals surface area contributed by atoms with E-state index in [1.54, 1.807) is 0 Å². The van der Waals surface area contributed by atoms with Crippen LogP contribution in [0.15, 0.2) is 0 Å². The van der Waals surface area contributed by atoms with Crippen molar-refractivity contribution in [3.8, 4) is 0 Å². The number of carbonyl (C=O) groups is 2. The van der Waals surface area contributed by atoms with E-state index in [0.717, 1.165) is 0 Å². The molecule has 0 aromatic carbocycles. The molecule has 0 aromatic rings. The predicted octanol–water partition coefficient (Wildman–Crippen LogP) is -0.263. The van der Waals surface area contributed by atoms with E-state index in [1.165, 1.54) is 0 Å². The molecule has 0 fully saturated rings. The summed E-state index contributed by atoms with van der Waals surface area (Å²) in [5, 5.41) is 24.7. The van der Waals surface area contributed by atoms with Crippen molar-refractivity contribution < 1.29 is 34.4 Å². The average molecular weight is 180 g/mol. The summed E-state index contributed by atoms with van der Waals surface area (Å²) < 4.78 is 7.86. The summed E-state index contributed by atoms with van der Waals surface area (Å²) in [6.07, 6.45) is -4.34. The van der Waals surface area contributed by atoms with Crippen LogP contribution in [0.25, 0.3) is 0 Å². The third-order valence-electron chi connectivity index (χ3n) is 0.798. The average Bonchev–Trinajstić information content (AvgIpc) is 1.96. The van der Waals surface area contributed by atoms with Crippen molar-refractivity contribution in [2.75, 3.05) is 13.2 Å². The molecule has 0 amide bonds. The molecule has 0 spiro atoms. The third kappa shape index (κ3) is 6.62. The van der Waals surface area contributed by atoms with Crippen LogP contribution in [0, 0.1) is 0 Å². The Bertz CT molecular complexity index is 147. The number of hydrogen-bond donors (Lipinski definition) is 3. The summed E-state index contributed by atoms with van der Waals surface area (Å²) in [6, 6.07) is 0. The molecule has 3 N–H and O–H groups in total. The molecule has 0 bridgehead atoms. The zero-order chi connectivity index (χ0) is 9.56. The smallest absolute Gasteiger partial charge is 0.450 e. The van der Waals surface area contributed by atoms with Crippen LogP contribution in [-0.2, 0) is 9.47 Å². The van der Waals surface area contributed by atoms with Crippen molar-refractivity contribution in [3.05, 3.63) is 0 Å². The van der Waals surface area contributed by atoms with Crippen LogP contribution in [0.1, 0.15) is 0 Å². The Morgan fingerprint density at radius 1 is 1.08 bits per heavy atom. The molecule has 0 aliphatic carbocycles. The minimum absolute atomic E-state index is 0.511. The molecule has 0 heterocycles. The normalized spacial score (nSPS) is 9.50. The molecule has 0 rings (SSSR count). The second-order valence-electron chi connectivity index (χ2n) is 1.81. The first-order valence-electron chi connectivity index (χ1n) is 2.92. The molecule has 0 saturated carbocycles. The molecule has 0 aliphatic rings. The molecule has 7 heteroatoms. The van der Waals surface area contributed by atoms with Gasteiger partial charge >= 0.3 is 12.3 Å². The van der Waals surface area contributed by atoms with Crippen LogP contribution < -0.4 is 0 Å². The monoisotopic (exact) mass is 180 g/mol. The quantitative estimate of drug-likeness (QED) is 0.510. The van der Waals surface area contributed by atoms with E-state index in [9.17, 15) is 9.59 Å². The minimum atomic E-state index is -1.54. The SMILES string of the molecule is O=C(O)OCC(O)COC(=O)O. The number of aliphatic hydroxyl groups excluding tert-OH is 1. The third-order valence-corrected chi connectivity index (χ3v) is 0.798. The maximum absolute atomic E-state index is 9.75. The molecule has 0 atom stereocenters. The van der Waals surface area contributed by atoms with E-state index >= 15 is 0 Å². The number of ether oxygens (including phenoxy) is 2. The van der Waals surface area contributed by atoms with Crippen molar-refractivity contribution in [3.63, 3.8) is 0 Å². The van der Waals surface area contributed by atoms with E-state index in [2.05, 4.69) is 9.47 Å². The number of aliphatic hydroxyl groups is 1. The van der Waals surface area contributed by atoms with Gasteiger partial charge in [-0.05, 0) is 0 Å². The zero-order valence-electron chi connectivity index (χ0n) is 5.97. The van der Waals surface area contributed by atoms with Gasteiger partial charge in [-0.2, -0.15) is 0 Å². The molecular weight excluding hydrogens is 172 g/mol. The first-order valence-corrected chi connectivity index (χ1v) is 2.92. The molecule has 0 saturated heterocycles. The summed E-state index contributed by atoms with van der Waals surface area (Å²) in [6.45, 7) is -1.02. The van der Waals surface area contributed by atoms with Crippen LogP contribution in [-0.4, -0.2) is 46.9 Å². The van der Waals surface area contributed by atoms with Crippen LogP contribution in [0.2, 0.25) is 0 Å². The highest BCUT2D eigenvalue weighted by molar-refractivity contribution is 5.57. The molecular formula is C5H8O7. The van der Waals surface area contributed by atoms with Gasteiger partial charge in [-0.25, -0.2) is 9.59 Å². The van der Waals surface area contributed by atoms with Gasteiger partial charge in [0.15, 0.2) is 0 Å². The fourth-order valence-electron chi connectivity index (χ4n) is 0.383. The van der Waals surface area contributed by atoms with Gasteiger partial charge in [-0.15, -0.1) is 0 Å². The van der Waals surface area contributed by atoms with Gasteiger partial charge in [0.25, 0.3) is 0 Å². The van der Waals surface area contributed by atoms with E-state index in [4.69, 9.17) is 15.3 Å². The Morgan fingerprint density at radius 2 is 1.42 bits per heavy atom.